The van der Waals surface area contributed by atoms with Gasteiger partial charge >= 0.3 is 47.8 Å². The van der Waals surface area contributed by atoms with Gasteiger partial charge in [0.05, 0.1) is 0 Å². The molecule has 0 aromatic heterocycles. The Balaban J connectivity index is -0.000000125. The Kier molecular flexibility index (Phi) is 23.0. The van der Waals surface area contributed by atoms with Crippen molar-refractivity contribution in [1.29, 1.82) is 0 Å². The molecule has 0 bridgehead atoms. The van der Waals surface area contributed by atoms with Gasteiger partial charge in [-0.2, -0.15) is 0 Å². The van der Waals surface area contributed by atoms with Crippen LogP contribution >= 0.6 is 0 Å². The molecule has 0 fully saturated rings. The second kappa shape index (κ2) is 11.3. The van der Waals surface area contributed by atoms with Crippen LogP contribution in [0, 0.1) is 5.92 Å². The second-order valence-electron chi connectivity index (χ2n) is 1.97. The van der Waals surface area contributed by atoms with Crippen molar-refractivity contribution in [3.05, 3.63) is 0 Å². The minimum absolute atomic E-state index is 0. The molecule has 0 saturated carbocycles. The molecule has 0 spiro atoms. The molecule has 0 aliphatic heterocycles. The zero-order valence-corrected chi connectivity index (χ0v) is 9.65. The van der Waals surface area contributed by atoms with Crippen LogP contribution in [0.15, 0.2) is 0 Å². The third-order valence-corrected chi connectivity index (χ3v) is 1.08. The van der Waals surface area contributed by atoms with Crippen LogP contribution in [-0.4, -0.2) is 16.3 Å². The van der Waals surface area contributed by atoms with Gasteiger partial charge in [0.1, 0.15) is 0 Å². The van der Waals surface area contributed by atoms with Crippen molar-refractivity contribution in [2.75, 3.05) is 0 Å². The molecule has 8 heavy (non-hydrogen) atoms. The molecule has 0 aromatic rings. The molecular weight excluding hydrogens is 247 g/mol. The summed E-state index contributed by atoms with van der Waals surface area (Å²) in [5, 5.41) is 1.25. The summed E-state index contributed by atoms with van der Waals surface area (Å²) in [6.45, 7) is 4.48. The monoisotopic (exact) mass is 256 g/mol. The van der Waals surface area contributed by atoms with Crippen molar-refractivity contribution >= 4 is 16.3 Å². The Morgan fingerprint density at radius 3 is 1.62 bits per heavy atom. The van der Waals surface area contributed by atoms with Crippen molar-refractivity contribution < 1.29 is 34.0 Å². The SMILES string of the molecule is CC(C)C[CH2][Al+2].[Br-].[Br-]. The molecular formula is C5H11AlBr2. The Morgan fingerprint density at radius 1 is 1.25 bits per heavy atom. The van der Waals surface area contributed by atoms with Gasteiger partial charge in [-0.1, -0.05) is 0 Å². The zero-order valence-electron chi connectivity index (χ0n) is 5.32. The molecule has 0 radical (unpaired) electrons. The molecule has 0 aromatic carbocycles. The topological polar surface area (TPSA) is 0 Å². The van der Waals surface area contributed by atoms with E-state index in [2.05, 4.69) is 30.1 Å². The van der Waals surface area contributed by atoms with Crippen molar-refractivity contribution in [2.24, 2.45) is 5.92 Å². The van der Waals surface area contributed by atoms with E-state index in [1.165, 1.54) is 11.7 Å². The fourth-order valence-electron chi connectivity index (χ4n) is 0.333. The molecule has 0 rings (SSSR count). The summed E-state index contributed by atoms with van der Waals surface area (Å²) < 4.78 is 0. The Morgan fingerprint density at radius 2 is 1.62 bits per heavy atom. The Bertz CT molecular complexity index is 31.6. The first kappa shape index (κ1) is 16.2. The average Bonchev–Trinajstić information content (AvgIpc) is 1.35. The molecule has 48 valence electrons. The third-order valence-electron chi connectivity index (χ3n) is 0.744. The largest absolute Gasteiger partial charge is 1.00 e. The van der Waals surface area contributed by atoms with Crippen molar-refractivity contribution in [2.45, 2.75) is 25.6 Å². The standard InChI is InChI=1S/C5H11.Al.2BrH/c1-4-5(2)3;;;/h5H,1,4H2,2-3H3;;2*1H/q;+2;;/p-2. The van der Waals surface area contributed by atoms with Gasteiger partial charge in [0, 0.05) is 0 Å². The normalized spacial score (nSPS) is 7.62. The van der Waals surface area contributed by atoms with Crippen LogP contribution in [0.2, 0.25) is 5.28 Å². The summed E-state index contributed by atoms with van der Waals surface area (Å²) in [4.78, 5) is 0. The van der Waals surface area contributed by atoms with Gasteiger partial charge in [-0.05, 0) is 0 Å². The van der Waals surface area contributed by atoms with E-state index in [-0.39, 0.29) is 34.0 Å². The van der Waals surface area contributed by atoms with Crippen LogP contribution in [0.3, 0.4) is 0 Å². The first-order chi connectivity index (χ1) is 2.77. The van der Waals surface area contributed by atoms with E-state index in [9.17, 15) is 0 Å². The van der Waals surface area contributed by atoms with E-state index >= 15 is 0 Å². The van der Waals surface area contributed by atoms with Gasteiger partial charge in [0.25, 0.3) is 0 Å². The van der Waals surface area contributed by atoms with Crippen LogP contribution < -0.4 is 34.0 Å². The quantitative estimate of drug-likeness (QED) is 0.439. The van der Waals surface area contributed by atoms with E-state index in [4.69, 9.17) is 0 Å². The summed E-state index contributed by atoms with van der Waals surface area (Å²) in [5.74, 6) is 0.877. The van der Waals surface area contributed by atoms with Crippen LogP contribution in [0.4, 0.5) is 0 Å². The van der Waals surface area contributed by atoms with Gasteiger partial charge in [-0.15, -0.1) is 0 Å². The third kappa shape index (κ3) is 15.6. The van der Waals surface area contributed by atoms with Crippen LogP contribution in [0.1, 0.15) is 20.3 Å². The minimum Gasteiger partial charge on any atom is -1.00 e. The summed E-state index contributed by atoms with van der Waals surface area (Å²) in [6.07, 6.45) is 1.34. The Hall–Kier alpha value is 1.49. The Labute approximate surface area is 81.4 Å². The van der Waals surface area contributed by atoms with E-state index in [0.717, 1.165) is 5.92 Å². The maximum absolute atomic E-state index is 2.72. The number of hydrogen-bond donors (Lipinski definition) is 0. The molecule has 0 aliphatic rings. The fourth-order valence-corrected chi connectivity index (χ4v) is 1.00. The average molecular weight is 258 g/mol. The minimum atomic E-state index is 0. The summed E-state index contributed by atoms with van der Waals surface area (Å²) in [5.41, 5.74) is 0. The molecule has 0 saturated heterocycles. The maximum atomic E-state index is 2.72. The first-order valence-corrected chi connectivity index (χ1v) is 3.29. The number of rotatable bonds is 2. The maximum Gasteiger partial charge on any atom is -1.00 e. The molecule has 0 atom stereocenters. The summed E-state index contributed by atoms with van der Waals surface area (Å²) in [6, 6.07) is 0. The van der Waals surface area contributed by atoms with Crippen LogP contribution in [0.5, 0.6) is 0 Å². The summed E-state index contributed by atoms with van der Waals surface area (Å²) >= 11 is 2.72. The van der Waals surface area contributed by atoms with Crippen molar-refractivity contribution in [3.63, 3.8) is 0 Å². The second-order valence-corrected chi connectivity index (χ2v) is 2.55. The van der Waals surface area contributed by atoms with Crippen LogP contribution in [-0.2, 0) is 0 Å². The predicted molar refractivity (Wildman–Crippen MR) is 30.0 cm³/mol. The van der Waals surface area contributed by atoms with Gasteiger partial charge in [0.15, 0.2) is 0 Å². The molecule has 0 N–H and O–H groups in total. The molecule has 0 unspecified atom stereocenters. The summed E-state index contributed by atoms with van der Waals surface area (Å²) in [7, 11) is 0. The molecule has 0 amide bonds. The van der Waals surface area contributed by atoms with Crippen molar-refractivity contribution in [1.82, 2.24) is 0 Å². The fraction of sp³-hybridized carbons (Fsp3) is 1.00. The molecule has 0 heterocycles. The zero-order chi connectivity index (χ0) is 4.99. The van der Waals surface area contributed by atoms with Gasteiger partial charge in [-0.25, -0.2) is 0 Å². The van der Waals surface area contributed by atoms with E-state index in [1.807, 2.05) is 0 Å². The van der Waals surface area contributed by atoms with Gasteiger partial charge in [-0.3, -0.25) is 0 Å². The number of hydrogen-bond acceptors (Lipinski definition) is 0. The van der Waals surface area contributed by atoms with Crippen LogP contribution in [0.25, 0.3) is 0 Å². The molecule has 0 aliphatic carbocycles. The predicted octanol–water partition coefficient (Wildman–Crippen LogP) is -4.37. The van der Waals surface area contributed by atoms with E-state index in [0.29, 0.717) is 0 Å². The molecule has 3 heteroatoms. The first-order valence-electron chi connectivity index (χ1n) is 2.47. The van der Waals surface area contributed by atoms with E-state index < -0.39 is 0 Å². The smallest absolute Gasteiger partial charge is 1.00 e. The molecule has 0 nitrogen and oxygen atoms in total. The number of halogens is 2. The van der Waals surface area contributed by atoms with Gasteiger partial charge < -0.3 is 34.0 Å². The van der Waals surface area contributed by atoms with E-state index in [1.54, 1.807) is 0 Å². The van der Waals surface area contributed by atoms with Gasteiger partial charge in [0.2, 0.25) is 0 Å². The van der Waals surface area contributed by atoms with Crippen molar-refractivity contribution in [3.8, 4) is 0 Å².